The van der Waals surface area contributed by atoms with Crippen molar-refractivity contribution in [1.29, 1.82) is 0 Å². The van der Waals surface area contributed by atoms with E-state index in [4.69, 9.17) is 4.74 Å². The van der Waals surface area contributed by atoms with Crippen molar-refractivity contribution in [2.24, 2.45) is 5.41 Å². The number of carbonyl (C=O) groups excluding carboxylic acids is 3. The Kier molecular flexibility index (Phi) is 3.75. The lowest BCUT2D eigenvalue weighted by molar-refractivity contribution is -0.163. The summed E-state index contributed by atoms with van der Waals surface area (Å²) in [6.07, 6.45) is 4.04. The molecule has 4 heterocycles. The number of imide groups is 1. The highest BCUT2D eigenvalue weighted by Gasteiger charge is 2.44. The molecule has 4 aliphatic rings. The molecule has 7 heteroatoms. The average Bonchev–Trinajstić information content (AvgIpc) is 2.99. The van der Waals surface area contributed by atoms with Crippen molar-refractivity contribution in [3.05, 3.63) is 28.8 Å². The van der Waals surface area contributed by atoms with Crippen molar-refractivity contribution in [2.75, 3.05) is 19.7 Å². The molecule has 0 saturated carbocycles. The molecule has 7 nitrogen and oxygen atoms in total. The second kappa shape index (κ2) is 6.05. The minimum absolute atomic E-state index is 0.0673. The number of carbonyl (C=O) groups is 3. The van der Waals surface area contributed by atoms with Gasteiger partial charge in [0.25, 0.3) is 5.91 Å². The maximum absolute atomic E-state index is 13.2. The smallest absolute Gasteiger partial charge is 0.273 e. The molecule has 0 aromatic heterocycles. The van der Waals surface area contributed by atoms with Gasteiger partial charge in [0, 0.05) is 23.8 Å². The van der Waals surface area contributed by atoms with Crippen LogP contribution in [0.3, 0.4) is 0 Å². The van der Waals surface area contributed by atoms with Crippen molar-refractivity contribution in [3.63, 3.8) is 0 Å². The Morgan fingerprint density at radius 3 is 2.52 bits per heavy atom. The van der Waals surface area contributed by atoms with E-state index in [2.05, 4.69) is 5.32 Å². The molecule has 1 aromatic carbocycles. The van der Waals surface area contributed by atoms with Gasteiger partial charge in [0.2, 0.25) is 11.8 Å². The summed E-state index contributed by atoms with van der Waals surface area (Å²) < 4.78 is 6.07. The van der Waals surface area contributed by atoms with Gasteiger partial charge in [-0.25, -0.2) is 5.01 Å². The second-order valence-electron chi connectivity index (χ2n) is 8.11. The molecule has 0 bridgehead atoms. The molecule has 3 amide bonds. The summed E-state index contributed by atoms with van der Waals surface area (Å²) in [4.78, 5) is 37.8. The van der Waals surface area contributed by atoms with E-state index in [0.29, 0.717) is 31.4 Å². The van der Waals surface area contributed by atoms with Crippen LogP contribution in [0.2, 0.25) is 0 Å². The summed E-state index contributed by atoms with van der Waals surface area (Å²) >= 11 is 0. The zero-order valence-electron chi connectivity index (χ0n) is 15.3. The largest absolute Gasteiger partial charge is 0.493 e. The van der Waals surface area contributed by atoms with Gasteiger partial charge in [-0.1, -0.05) is 6.07 Å². The molecule has 1 aromatic rings. The van der Waals surface area contributed by atoms with E-state index in [0.717, 1.165) is 54.2 Å². The number of hydrazine groups is 1. The molecule has 0 unspecified atom stereocenters. The van der Waals surface area contributed by atoms with Crippen molar-refractivity contribution in [3.8, 4) is 5.75 Å². The van der Waals surface area contributed by atoms with Crippen LogP contribution in [0.15, 0.2) is 12.1 Å². The molecule has 5 rings (SSSR count). The molecule has 27 heavy (non-hydrogen) atoms. The normalized spacial score (nSPS) is 24.1. The highest BCUT2D eigenvalue weighted by atomic mass is 16.5. The molecule has 4 aliphatic heterocycles. The number of nitrogens with zero attached hydrogens (tertiary/aromatic N) is 2. The van der Waals surface area contributed by atoms with E-state index in [-0.39, 0.29) is 29.7 Å². The summed E-state index contributed by atoms with van der Waals surface area (Å²) in [5, 5.41) is 5.79. The Morgan fingerprint density at radius 1 is 1.04 bits per heavy atom. The van der Waals surface area contributed by atoms with Crippen LogP contribution in [0.5, 0.6) is 5.75 Å². The number of benzene rings is 1. The standard InChI is InChI=1S/C20H23N3O4/c24-16-2-1-3-17(25)23(16)22-11-13-4-5-15-14(18(13)19(22)26)10-20(12-27-15)6-8-21-9-7-20/h4-5,21H,1-3,6-12H2. The number of ether oxygens (including phenoxy) is 1. The average molecular weight is 369 g/mol. The van der Waals surface area contributed by atoms with E-state index < -0.39 is 0 Å². The van der Waals surface area contributed by atoms with Crippen LogP contribution < -0.4 is 10.1 Å². The highest BCUT2D eigenvalue weighted by Crippen LogP contribution is 2.44. The number of amides is 3. The van der Waals surface area contributed by atoms with Crippen molar-refractivity contribution < 1.29 is 19.1 Å². The fourth-order valence-corrected chi connectivity index (χ4v) is 4.86. The predicted molar refractivity (Wildman–Crippen MR) is 95.8 cm³/mol. The van der Waals surface area contributed by atoms with Gasteiger partial charge in [-0.05, 0) is 50.4 Å². The van der Waals surface area contributed by atoms with Crippen LogP contribution in [-0.2, 0) is 22.6 Å². The second-order valence-corrected chi connectivity index (χ2v) is 8.11. The first-order valence-electron chi connectivity index (χ1n) is 9.74. The molecule has 1 spiro atoms. The number of nitrogens with one attached hydrogen (secondary N) is 1. The predicted octanol–water partition coefficient (Wildman–Crippen LogP) is 1.40. The fraction of sp³-hybridized carbons (Fsp3) is 0.550. The van der Waals surface area contributed by atoms with Crippen LogP contribution in [0.1, 0.15) is 53.6 Å². The first-order chi connectivity index (χ1) is 13.1. The lowest BCUT2D eigenvalue weighted by Crippen LogP contribution is -2.52. The van der Waals surface area contributed by atoms with Crippen LogP contribution in [0.4, 0.5) is 0 Å². The monoisotopic (exact) mass is 369 g/mol. The van der Waals surface area contributed by atoms with Gasteiger partial charge in [0.15, 0.2) is 0 Å². The molecule has 0 atom stereocenters. The number of fused-ring (bicyclic) bond motifs is 3. The minimum atomic E-state index is -0.285. The van der Waals surface area contributed by atoms with Crippen molar-refractivity contribution in [1.82, 2.24) is 15.3 Å². The maximum Gasteiger partial charge on any atom is 0.273 e. The van der Waals surface area contributed by atoms with Crippen molar-refractivity contribution >= 4 is 17.7 Å². The third-order valence-corrected chi connectivity index (χ3v) is 6.37. The molecule has 2 fully saturated rings. The summed E-state index contributed by atoms with van der Waals surface area (Å²) in [5.74, 6) is -0.0517. The van der Waals surface area contributed by atoms with Gasteiger partial charge in [-0.2, -0.15) is 5.01 Å². The van der Waals surface area contributed by atoms with Crippen LogP contribution in [-0.4, -0.2) is 47.4 Å². The zero-order valence-corrected chi connectivity index (χ0v) is 15.3. The van der Waals surface area contributed by atoms with Gasteiger partial charge in [-0.3, -0.25) is 14.4 Å². The van der Waals surface area contributed by atoms with E-state index in [9.17, 15) is 14.4 Å². The molecule has 142 valence electrons. The SMILES string of the molecule is O=C1c2c(ccc3c2CC2(CCNCC2)CO3)CN1N1C(=O)CCCC1=O. The fourth-order valence-electron chi connectivity index (χ4n) is 4.86. The highest BCUT2D eigenvalue weighted by molar-refractivity contribution is 6.05. The molecule has 2 saturated heterocycles. The van der Waals surface area contributed by atoms with Gasteiger partial charge in [0.1, 0.15) is 5.75 Å². The summed E-state index contributed by atoms with van der Waals surface area (Å²) in [6.45, 7) is 2.88. The van der Waals surface area contributed by atoms with Crippen LogP contribution in [0, 0.1) is 5.41 Å². The van der Waals surface area contributed by atoms with Gasteiger partial charge < -0.3 is 10.1 Å². The van der Waals surface area contributed by atoms with Crippen molar-refractivity contribution in [2.45, 2.75) is 45.1 Å². The first kappa shape index (κ1) is 16.7. The third kappa shape index (κ3) is 2.56. The minimum Gasteiger partial charge on any atom is -0.493 e. The van der Waals surface area contributed by atoms with Gasteiger partial charge in [0.05, 0.1) is 18.7 Å². The zero-order chi connectivity index (χ0) is 18.6. The van der Waals surface area contributed by atoms with E-state index in [1.165, 1.54) is 5.01 Å². The quantitative estimate of drug-likeness (QED) is 0.757. The summed E-state index contributed by atoms with van der Waals surface area (Å²) in [7, 11) is 0. The third-order valence-electron chi connectivity index (χ3n) is 6.37. The van der Waals surface area contributed by atoms with E-state index >= 15 is 0 Å². The Balaban J connectivity index is 1.50. The molecular weight excluding hydrogens is 346 g/mol. The molecule has 1 N–H and O–H groups in total. The Bertz CT molecular complexity index is 828. The summed E-state index contributed by atoms with van der Waals surface area (Å²) in [6, 6.07) is 3.82. The number of hydrogen-bond acceptors (Lipinski definition) is 5. The van der Waals surface area contributed by atoms with Crippen LogP contribution in [0.25, 0.3) is 0 Å². The van der Waals surface area contributed by atoms with E-state index in [1.54, 1.807) is 0 Å². The number of rotatable bonds is 1. The first-order valence-corrected chi connectivity index (χ1v) is 9.74. The van der Waals surface area contributed by atoms with Crippen LogP contribution >= 0.6 is 0 Å². The maximum atomic E-state index is 13.2. The van der Waals surface area contributed by atoms with E-state index in [1.807, 2.05) is 12.1 Å². The molecule has 0 aliphatic carbocycles. The molecular formula is C20H23N3O4. The topological polar surface area (TPSA) is 79.0 Å². The molecule has 0 radical (unpaired) electrons. The number of piperidine rings is 2. The Morgan fingerprint density at radius 2 is 1.78 bits per heavy atom. The summed E-state index contributed by atoms with van der Waals surface area (Å²) in [5.41, 5.74) is 2.53. The number of hydrogen-bond donors (Lipinski definition) is 1. The Hall–Kier alpha value is -2.41. The Labute approximate surface area is 157 Å². The lowest BCUT2D eigenvalue weighted by atomic mass is 9.72. The van der Waals surface area contributed by atoms with Gasteiger partial charge in [-0.15, -0.1) is 0 Å². The lowest BCUT2D eigenvalue weighted by Gasteiger charge is -2.41. The van der Waals surface area contributed by atoms with Gasteiger partial charge >= 0.3 is 0 Å².